The first-order valence-electron chi connectivity index (χ1n) is 11.9. The van der Waals surface area contributed by atoms with Crippen molar-refractivity contribution in [1.29, 1.82) is 5.26 Å². The Kier molecular flexibility index (Phi) is 9.53. The number of ether oxygens (including phenoxy) is 2. The molecular weight excluding hydrogens is 502 g/mol. The molecule has 194 valence electrons. The second kappa shape index (κ2) is 12.4. The molecule has 10 nitrogen and oxygen atoms in total. The Morgan fingerprint density at radius 1 is 1.19 bits per heavy atom. The zero-order valence-electron chi connectivity index (χ0n) is 21.0. The Morgan fingerprint density at radius 3 is 2.50 bits per heavy atom. The van der Waals surface area contributed by atoms with E-state index in [1.165, 1.54) is 16.3 Å². The van der Waals surface area contributed by atoms with E-state index in [0.29, 0.717) is 85.1 Å². The molecule has 2 amide bonds. The zero-order valence-corrected chi connectivity index (χ0v) is 22.7. The minimum atomic E-state index is -0.404. The van der Waals surface area contributed by atoms with E-state index < -0.39 is 5.56 Å². The molecule has 0 unspecified atom stereocenters. The first-order chi connectivity index (χ1) is 17.2. The van der Waals surface area contributed by atoms with E-state index in [2.05, 4.69) is 0 Å². The Bertz CT molecular complexity index is 1160. The van der Waals surface area contributed by atoms with Crippen LogP contribution in [0.3, 0.4) is 0 Å². The second-order valence-corrected chi connectivity index (χ2v) is 9.95. The van der Waals surface area contributed by atoms with E-state index in [-0.39, 0.29) is 17.6 Å². The number of aromatic nitrogens is 1. The summed E-state index contributed by atoms with van der Waals surface area (Å²) in [5.41, 5.74) is 0.751. The molecule has 0 atom stereocenters. The van der Waals surface area contributed by atoms with Gasteiger partial charge in [-0.2, -0.15) is 5.26 Å². The summed E-state index contributed by atoms with van der Waals surface area (Å²) < 4.78 is 12.4. The fraction of sp³-hybridized carbons (Fsp3) is 0.542. The summed E-state index contributed by atoms with van der Waals surface area (Å²) in [4.78, 5) is 43.9. The molecule has 0 aromatic carbocycles. The maximum absolute atomic E-state index is 13.2. The summed E-state index contributed by atoms with van der Waals surface area (Å²) in [5.74, 6) is 0.396. The van der Waals surface area contributed by atoms with Gasteiger partial charge in [-0.05, 0) is 38.8 Å². The van der Waals surface area contributed by atoms with Gasteiger partial charge in [0, 0.05) is 58.5 Å². The van der Waals surface area contributed by atoms with Crippen LogP contribution in [0.2, 0.25) is 0 Å². The summed E-state index contributed by atoms with van der Waals surface area (Å²) in [6.45, 7) is 9.10. The standard InChI is InChI=1S/C24H31N5O5S2/c1-5-33-13-7-8-29-22(31)19(36-24(29)35)14-17-16(3)18(15-25)21(30)26(4)20(17)27-9-11-28(12-10-27)23(32)34-6-2/h14H,5-13H2,1-4H3/b19-14-. The quantitative estimate of drug-likeness (QED) is 0.283. The van der Waals surface area contributed by atoms with Gasteiger partial charge in [0.2, 0.25) is 0 Å². The molecule has 3 heterocycles. The Balaban J connectivity index is 1.96. The highest BCUT2D eigenvalue weighted by atomic mass is 32.2. The van der Waals surface area contributed by atoms with Crippen LogP contribution in [-0.4, -0.2) is 83.2 Å². The molecule has 0 spiro atoms. The first kappa shape index (κ1) is 27.7. The normalized spacial score (nSPS) is 17.2. The van der Waals surface area contributed by atoms with Crippen LogP contribution in [-0.2, 0) is 21.3 Å². The maximum Gasteiger partial charge on any atom is 0.409 e. The monoisotopic (exact) mass is 533 g/mol. The molecule has 1 aromatic rings. The number of amides is 2. The highest BCUT2D eigenvalue weighted by Crippen LogP contribution is 2.36. The lowest BCUT2D eigenvalue weighted by Crippen LogP contribution is -2.50. The van der Waals surface area contributed by atoms with Crippen LogP contribution in [0.1, 0.15) is 37.0 Å². The summed E-state index contributed by atoms with van der Waals surface area (Å²) in [6, 6.07) is 2.01. The highest BCUT2D eigenvalue weighted by molar-refractivity contribution is 8.26. The Labute approximate surface area is 220 Å². The topological polar surface area (TPSA) is 108 Å². The van der Waals surface area contributed by atoms with Crippen molar-refractivity contribution >= 4 is 52.2 Å². The van der Waals surface area contributed by atoms with Crippen molar-refractivity contribution in [2.45, 2.75) is 27.2 Å². The number of carbonyl (C=O) groups is 2. The number of piperazine rings is 1. The van der Waals surface area contributed by atoms with Crippen molar-refractivity contribution in [3.63, 3.8) is 0 Å². The minimum absolute atomic E-state index is 0.0323. The number of hydrogen-bond acceptors (Lipinski definition) is 9. The summed E-state index contributed by atoms with van der Waals surface area (Å²) >= 11 is 6.66. The molecule has 0 saturated carbocycles. The van der Waals surface area contributed by atoms with E-state index in [4.69, 9.17) is 21.7 Å². The molecule has 2 aliphatic heterocycles. The number of nitrogens with zero attached hydrogens (tertiary/aromatic N) is 5. The van der Waals surface area contributed by atoms with Gasteiger partial charge >= 0.3 is 6.09 Å². The van der Waals surface area contributed by atoms with Gasteiger partial charge in [0.15, 0.2) is 0 Å². The molecule has 3 rings (SSSR count). The average molecular weight is 534 g/mol. The van der Waals surface area contributed by atoms with Gasteiger partial charge in [-0.1, -0.05) is 24.0 Å². The van der Waals surface area contributed by atoms with E-state index in [1.807, 2.05) is 17.9 Å². The SMILES string of the molecule is CCOCCCN1C(=O)/C(=C/c2c(C)c(C#N)c(=O)n(C)c2N2CCN(C(=O)OCC)CC2)SC1=S. The van der Waals surface area contributed by atoms with Gasteiger partial charge in [-0.3, -0.25) is 19.1 Å². The number of hydrogen-bond donors (Lipinski definition) is 0. The fourth-order valence-electron chi connectivity index (χ4n) is 4.20. The third-order valence-electron chi connectivity index (χ3n) is 6.10. The number of nitriles is 1. The summed E-state index contributed by atoms with van der Waals surface area (Å²) in [7, 11) is 1.62. The average Bonchev–Trinajstić information content (AvgIpc) is 3.13. The maximum atomic E-state index is 13.2. The number of anilines is 1. The van der Waals surface area contributed by atoms with Gasteiger partial charge in [0.1, 0.15) is 21.8 Å². The van der Waals surface area contributed by atoms with Gasteiger partial charge < -0.3 is 19.3 Å². The fourth-order valence-corrected chi connectivity index (χ4v) is 5.49. The van der Waals surface area contributed by atoms with Crippen molar-refractivity contribution in [3.05, 3.63) is 31.9 Å². The van der Waals surface area contributed by atoms with Gasteiger partial charge in [-0.15, -0.1) is 0 Å². The van der Waals surface area contributed by atoms with E-state index in [0.717, 1.165) is 0 Å². The van der Waals surface area contributed by atoms with E-state index in [1.54, 1.807) is 36.8 Å². The number of thioether (sulfide) groups is 1. The van der Waals surface area contributed by atoms with Gasteiger partial charge in [-0.25, -0.2) is 4.79 Å². The van der Waals surface area contributed by atoms with Crippen LogP contribution in [0.5, 0.6) is 0 Å². The van der Waals surface area contributed by atoms with Crippen LogP contribution in [0.25, 0.3) is 6.08 Å². The lowest BCUT2D eigenvalue weighted by molar-refractivity contribution is -0.122. The number of carbonyl (C=O) groups excluding carboxylic acids is 2. The zero-order chi connectivity index (χ0) is 26.4. The smallest absolute Gasteiger partial charge is 0.409 e. The van der Waals surface area contributed by atoms with Gasteiger partial charge in [0.25, 0.3) is 11.5 Å². The molecule has 2 saturated heterocycles. The molecule has 36 heavy (non-hydrogen) atoms. The molecule has 12 heteroatoms. The largest absolute Gasteiger partial charge is 0.450 e. The summed E-state index contributed by atoms with van der Waals surface area (Å²) in [5, 5.41) is 9.66. The highest BCUT2D eigenvalue weighted by Gasteiger charge is 2.33. The van der Waals surface area contributed by atoms with Crippen LogP contribution < -0.4 is 10.5 Å². The third-order valence-corrected chi connectivity index (χ3v) is 7.47. The second-order valence-electron chi connectivity index (χ2n) is 8.27. The van der Waals surface area contributed by atoms with Crippen molar-refractivity contribution in [3.8, 4) is 6.07 Å². The van der Waals surface area contributed by atoms with Crippen LogP contribution in [0.15, 0.2) is 9.70 Å². The van der Waals surface area contributed by atoms with Crippen molar-refractivity contribution in [2.24, 2.45) is 7.05 Å². The number of rotatable bonds is 8. The molecule has 2 aliphatic rings. The predicted molar refractivity (Wildman–Crippen MR) is 143 cm³/mol. The van der Waals surface area contributed by atoms with Crippen molar-refractivity contribution in [1.82, 2.24) is 14.4 Å². The minimum Gasteiger partial charge on any atom is -0.450 e. The Morgan fingerprint density at radius 2 is 1.89 bits per heavy atom. The predicted octanol–water partition coefficient (Wildman–Crippen LogP) is 2.47. The molecule has 0 N–H and O–H groups in total. The molecule has 1 aromatic heterocycles. The number of pyridine rings is 1. The Hall–Kier alpha value is -2.88. The van der Waals surface area contributed by atoms with E-state index in [9.17, 15) is 19.6 Å². The van der Waals surface area contributed by atoms with Crippen molar-refractivity contribution < 1.29 is 19.1 Å². The molecule has 0 aliphatic carbocycles. The van der Waals surface area contributed by atoms with Crippen LogP contribution in [0.4, 0.5) is 10.6 Å². The van der Waals surface area contributed by atoms with E-state index >= 15 is 0 Å². The lowest BCUT2D eigenvalue weighted by Gasteiger charge is -2.37. The molecule has 0 bridgehead atoms. The first-order valence-corrected chi connectivity index (χ1v) is 13.1. The van der Waals surface area contributed by atoms with Crippen LogP contribution >= 0.6 is 24.0 Å². The number of thiocarbonyl (C=S) groups is 1. The molecule has 0 radical (unpaired) electrons. The molecule has 2 fully saturated rings. The van der Waals surface area contributed by atoms with Crippen LogP contribution in [0, 0.1) is 18.3 Å². The lowest BCUT2D eigenvalue weighted by atomic mass is 10.0. The molecular formula is C24H31N5O5S2. The van der Waals surface area contributed by atoms with Crippen molar-refractivity contribution in [2.75, 3.05) is 57.4 Å². The summed E-state index contributed by atoms with van der Waals surface area (Å²) in [6.07, 6.45) is 2.03. The third kappa shape index (κ3) is 5.74. The van der Waals surface area contributed by atoms with Gasteiger partial charge in [0.05, 0.1) is 11.5 Å².